The second-order valence-electron chi connectivity index (χ2n) is 4.79. The van der Waals surface area contributed by atoms with E-state index in [1.807, 2.05) is 24.3 Å². The minimum atomic E-state index is 0.561. The number of nitrogens with two attached hydrogens (primary N) is 1. The van der Waals surface area contributed by atoms with E-state index in [1.165, 1.54) is 11.1 Å². The summed E-state index contributed by atoms with van der Waals surface area (Å²) >= 11 is 0. The molecule has 0 spiro atoms. The molecule has 20 heavy (non-hydrogen) atoms. The first-order chi connectivity index (χ1) is 9.72. The van der Waals surface area contributed by atoms with Crippen LogP contribution in [0, 0.1) is 6.92 Å². The summed E-state index contributed by atoms with van der Waals surface area (Å²) in [4.78, 5) is 0. The van der Waals surface area contributed by atoms with E-state index in [-0.39, 0.29) is 0 Å². The van der Waals surface area contributed by atoms with Gasteiger partial charge in [-0.3, -0.25) is 0 Å². The third-order valence-electron chi connectivity index (χ3n) is 3.16. The quantitative estimate of drug-likeness (QED) is 0.878. The van der Waals surface area contributed by atoms with Gasteiger partial charge < -0.3 is 15.2 Å². The molecule has 0 aliphatic rings. The third kappa shape index (κ3) is 3.75. The highest BCUT2D eigenvalue weighted by Gasteiger charge is 2.06. The Bertz CT molecular complexity index is 567. The lowest BCUT2D eigenvalue weighted by molar-refractivity contribution is 0.302. The molecule has 0 saturated heterocycles. The van der Waals surface area contributed by atoms with Crippen LogP contribution in [0.5, 0.6) is 11.5 Å². The topological polar surface area (TPSA) is 44.5 Å². The van der Waals surface area contributed by atoms with E-state index in [1.54, 1.807) is 7.11 Å². The van der Waals surface area contributed by atoms with Gasteiger partial charge >= 0.3 is 0 Å². The van der Waals surface area contributed by atoms with Crippen LogP contribution in [0.3, 0.4) is 0 Å². The predicted molar refractivity (Wildman–Crippen MR) is 81.3 cm³/mol. The van der Waals surface area contributed by atoms with Crippen molar-refractivity contribution in [3.8, 4) is 11.5 Å². The fourth-order valence-electron chi connectivity index (χ4n) is 2.14. The van der Waals surface area contributed by atoms with E-state index in [0.29, 0.717) is 13.2 Å². The summed E-state index contributed by atoms with van der Waals surface area (Å²) in [6, 6.07) is 14.2. The summed E-state index contributed by atoms with van der Waals surface area (Å²) in [5.41, 5.74) is 9.14. The van der Waals surface area contributed by atoms with Crippen molar-refractivity contribution in [2.24, 2.45) is 5.73 Å². The molecule has 0 unspecified atom stereocenters. The maximum Gasteiger partial charge on any atom is 0.123 e. The van der Waals surface area contributed by atoms with Crippen molar-refractivity contribution in [3.05, 3.63) is 59.2 Å². The molecule has 0 atom stereocenters. The second kappa shape index (κ2) is 6.96. The lowest BCUT2D eigenvalue weighted by Crippen LogP contribution is -2.06. The molecule has 3 nitrogen and oxygen atoms in total. The van der Waals surface area contributed by atoms with E-state index >= 15 is 0 Å². The molecule has 106 valence electrons. The van der Waals surface area contributed by atoms with Gasteiger partial charge in [0.1, 0.15) is 18.1 Å². The van der Waals surface area contributed by atoms with Gasteiger partial charge in [-0.1, -0.05) is 29.8 Å². The standard InChI is InChI=1S/C17H21NO2/c1-13-4-3-5-14(10-13)12-20-17-7-6-16(19-2)11-15(17)8-9-18/h3-7,10-11H,8-9,12,18H2,1-2H3. The molecule has 0 aliphatic carbocycles. The summed E-state index contributed by atoms with van der Waals surface area (Å²) in [6.07, 6.45) is 0.778. The molecule has 0 fully saturated rings. The van der Waals surface area contributed by atoms with Crippen molar-refractivity contribution in [1.82, 2.24) is 0 Å². The third-order valence-corrected chi connectivity index (χ3v) is 3.16. The zero-order chi connectivity index (χ0) is 14.4. The lowest BCUT2D eigenvalue weighted by Gasteiger charge is -2.13. The van der Waals surface area contributed by atoms with Gasteiger partial charge in [0.05, 0.1) is 7.11 Å². The van der Waals surface area contributed by atoms with Crippen LogP contribution in [0.1, 0.15) is 16.7 Å². The maximum absolute atomic E-state index is 5.92. The summed E-state index contributed by atoms with van der Waals surface area (Å²) in [6.45, 7) is 3.23. The molecule has 2 aromatic carbocycles. The van der Waals surface area contributed by atoms with Gasteiger partial charge in [0.2, 0.25) is 0 Å². The van der Waals surface area contributed by atoms with Crippen LogP contribution < -0.4 is 15.2 Å². The van der Waals surface area contributed by atoms with Gasteiger partial charge in [0.25, 0.3) is 0 Å². The van der Waals surface area contributed by atoms with Crippen LogP contribution in [0.4, 0.5) is 0 Å². The molecular weight excluding hydrogens is 250 g/mol. The largest absolute Gasteiger partial charge is 0.497 e. The van der Waals surface area contributed by atoms with E-state index in [9.17, 15) is 0 Å². The molecule has 0 aromatic heterocycles. The van der Waals surface area contributed by atoms with Crippen molar-refractivity contribution in [2.45, 2.75) is 20.0 Å². The van der Waals surface area contributed by atoms with Crippen molar-refractivity contribution < 1.29 is 9.47 Å². The highest BCUT2D eigenvalue weighted by Crippen LogP contribution is 2.25. The zero-order valence-electron chi connectivity index (χ0n) is 12.1. The Morgan fingerprint density at radius 3 is 2.65 bits per heavy atom. The molecule has 0 radical (unpaired) electrons. The second-order valence-corrected chi connectivity index (χ2v) is 4.79. The Hall–Kier alpha value is -2.00. The number of hydrogen-bond acceptors (Lipinski definition) is 3. The monoisotopic (exact) mass is 271 g/mol. The van der Waals surface area contributed by atoms with Crippen LogP contribution in [0.25, 0.3) is 0 Å². The SMILES string of the molecule is COc1ccc(OCc2cccc(C)c2)c(CCN)c1. The number of methoxy groups -OCH3 is 1. The molecule has 2 aromatic rings. The van der Waals surface area contributed by atoms with Crippen LogP contribution in [-0.2, 0) is 13.0 Å². The molecule has 2 rings (SSSR count). The summed E-state index contributed by atoms with van der Waals surface area (Å²) in [5.74, 6) is 1.70. The summed E-state index contributed by atoms with van der Waals surface area (Å²) < 4.78 is 11.2. The number of hydrogen-bond donors (Lipinski definition) is 1. The van der Waals surface area contributed by atoms with Crippen molar-refractivity contribution >= 4 is 0 Å². The van der Waals surface area contributed by atoms with Gasteiger partial charge in [-0.15, -0.1) is 0 Å². The van der Waals surface area contributed by atoms with Crippen molar-refractivity contribution in [3.63, 3.8) is 0 Å². The van der Waals surface area contributed by atoms with Gasteiger partial charge in [0, 0.05) is 0 Å². The Kier molecular flexibility index (Phi) is 5.02. The maximum atomic E-state index is 5.92. The van der Waals surface area contributed by atoms with Gasteiger partial charge in [-0.05, 0) is 49.2 Å². The van der Waals surface area contributed by atoms with Crippen LogP contribution in [-0.4, -0.2) is 13.7 Å². The Labute approximate surface area is 120 Å². The number of benzene rings is 2. The van der Waals surface area contributed by atoms with Crippen LogP contribution in [0.2, 0.25) is 0 Å². The fourth-order valence-corrected chi connectivity index (χ4v) is 2.14. The fraction of sp³-hybridized carbons (Fsp3) is 0.294. The lowest BCUT2D eigenvalue weighted by atomic mass is 10.1. The molecule has 0 heterocycles. The van der Waals surface area contributed by atoms with Gasteiger partial charge in [-0.2, -0.15) is 0 Å². The number of rotatable bonds is 6. The summed E-state index contributed by atoms with van der Waals surface area (Å²) in [5, 5.41) is 0. The van der Waals surface area contributed by atoms with Crippen LogP contribution in [0.15, 0.2) is 42.5 Å². The number of aryl methyl sites for hydroxylation is 1. The Balaban J connectivity index is 2.12. The molecule has 3 heteroatoms. The average molecular weight is 271 g/mol. The van der Waals surface area contributed by atoms with Crippen molar-refractivity contribution in [1.29, 1.82) is 0 Å². The molecule has 0 bridgehead atoms. The smallest absolute Gasteiger partial charge is 0.123 e. The summed E-state index contributed by atoms with van der Waals surface area (Å²) in [7, 11) is 1.66. The van der Waals surface area contributed by atoms with Gasteiger partial charge in [-0.25, -0.2) is 0 Å². The first kappa shape index (κ1) is 14.4. The first-order valence-corrected chi connectivity index (χ1v) is 6.78. The molecule has 0 amide bonds. The normalized spacial score (nSPS) is 10.3. The molecule has 2 N–H and O–H groups in total. The van der Waals surface area contributed by atoms with E-state index in [2.05, 4.69) is 25.1 Å². The van der Waals surface area contributed by atoms with E-state index in [0.717, 1.165) is 23.5 Å². The zero-order valence-corrected chi connectivity index (χ0v) is 12.1. The molecular formula is C17H21NO2. The average Bonchev–Trinajstić information content (AvgIpc) is 2.46. The van der Waals surface area contributed by atoms with Crippen molar-refractivity contribution in [2.75, 3.05) is 13.7 Å². The van der Waals surface area contributed by atoms with Gasteiger partial charge in [0.15, 0.2) is 0 Å². The Morgan fingerprint density at radius 1 is 1.10 bits per heavy atom. The molecule has 0 saturated carbocycles. The highest BCUT2D eigenvalue weighted by atomic mass is 16.5. The minimum Gasteiger partial charge on any atom is -0.497 e. The van der Waals surface area contributed by atoms with Crippen LogP contribution >= 0.6 is 0 Å². The van der Waals surface area contributed by atoms with E-state index < -0.39 is 0 Å². The Morgan fingerprint density at radius 2 is 1.95 bits per heavy atom. The number of ether oxygens (including phenoxy) is 2. The minimum absolute atomic E-state index is 0.561. The predicted octanol–water partition coefficient (Wildman–Crippen LogP) is 3.08. The highest BCUT2D eigenvalue weighted by molar-refractivity contribution is 5.40. The molecule has 0 aliphatic heterocycles. The first-order valence-electron chi connectivity index (χ1n) is 6.78. The van der Waals surface area contributed by atoms with E-state index in [4.69, 9.17) is 15.2 Å².